The normalized spacial score (nSPS) is 17.8. The van der Waals surface area contributed by atoms with Crippen LogP contribution in [-0.2, 0) is 6.04 Å². The highest BCUT2D eigenvalue weighted by atomic mass is 28.3. The minimum absolute atomic E-state index is 0.227. The van der Waals surface area contributed by atoms with E-state index >= 15 is 0 Å². The van der Waals surface area contributed by atoms with Gasteiger partial charge in [-0.2, -0.15) is 0 Å². The highest BCUT2D eigenvalue weighted by Crippen LogP contribution is 2.22. The summed E-state index contributed by atoms with van der Waals surface area (Å²) in [5, 5.41) is 0. The monoisotopic (exact) mass is 162 g/mol. The minimum Gasteiger partial charge on any atom is -0.0622 e. The van der Waals surface area contributed by atoms with Gasteiger partial charge in [0.2, 0.25) is 0 Å². The van der Waals surface area contributed by atoms with Crippen LogP contribution >= 0.6 is 0 Å². The van der Waals surface area contributed by atoms with Gasteiger partial charge in [0.15, 0.2) is 0 Å². The van der Waals surface area contributed by atoms with E-state index in [1.165, 1.54) is 12.5 Å². The van der Waals surface area contributed by atoms with E-state index in [0.717, 1.165) is 0 Å². The van der Waals surface area contributed by atoms with E-state index in [4.69, 9.17) is 0 Å². The van der Waals surface area contributed by atoms with Gasteiger partial charge in [0, 0.05) is 8.80 Å². The van der Waals surface area contributed by atoms with E-state index in [0.29, 0.717) is 0 Å². The van der Waals surface area contributed by atoms with Crippen molar-refractivity contribution >= 4 is 8.80 Å². The van der Waals surface area contributed by atoms with Crippen molar-refractivity contribution in [1.29, 1.82) is 0 Å². The highest BCUT2D eigenvalue weighted by Gasteiger charge is 2.18. The molecule has 0 aromatic heterocycles. The Morgan fingerprint density at radius 3 is 2.36 bits per heavy atom. The smallest absolute Gasteiger partial charge is 0.0413 e. The Hall–Kier alpha value is -0.563. The summed E-state index contributed by atoms with van der Waals surface area (Å²) in [6, 6.07) is 15.6. The fourth-order valence-corrected chi connectivity index (χ4v) is 3.98. The van der Waals surface area contributed by atoms with E-state index in [1.807, 2.05) is 0 Å². The van der Waals surface area contributed by atoms with Gasteiger partial charge < -0.3 is 0 Å². The molecule has 1 heteroatoms. The van der Waals surface area contributed by atoms with E-state index in [1.54, 1.807) is 17.7 Å². The molecular weight excluding hydrogens is 148 g/mol. The summed E-state index contributed by atoms with van der Waals surface area (Å²) in [7, 11) is -0.227. The lowest BCUT2D eigenvalue weighted by Crippen LogP contribution is -2.24. The van der Waals surface area contributed by atoms with Crippen molar-refractivity contribution < 1.29 is 0 Å². The lowest BCUT2D eigenvalue weighted by atomic mass is 10.2. The van der Waals surface area contributed by atoms with Crippen molar-refractivity contribution in [2.24, 2.45) is 0 Å². The first-order valence-electron chi connectivity index (χ1n) is 4.49. The zero-order valence-electron chi connectivity index (χ0n) is 6.79. The third kappa shape index (κ3) is 1.72. The third-order valence-electron chi connectivity index (χ3n) is 2.59. The number of hydrogen-bond donors (Lipinski definition) is 0. The molecule has 0 bridgehead atoms. The summed E-state index contributed by atoms with van der Waals surface area (Å²) in [4.78, 5) is 0. The van der Waals surface area contributed by atoms with Crippen molar-refractivity contribution in [2.45, 2.75) is 24.6 Å². The minimum atomic E-state index is -0.227. The second kappa shape index (κ2) is 3.22. The molecule has 0 spiro atoms. The van der Waals surface area contributed by atoms with Crippen LogP contribution in [0.4, 0.5) is 0 Å². The summed E-state index contributed by atoms with van der Waals surface area (Å²) in [6.45, 7) is 0. The van der Waals surface area contributed by atoms with Gasteiger partial charge in [0.05, 0.1) is 0 Å². The van der Waals surface area contributed by atoms with Gasteiger partial charge in [0.25, 0.3) is 0 Å². The molecule has 1 aromatic rings. The first-order chi connectivity index (χ1) is 5.45. The van der Waals surface area contributed by atoms with Gasteiger partial charge in [-0.1, -0.05) is 54.4 Å². The molecule has 0 unspecified atom stereocenters. The average molecular weight is 162 g/mol. The van der Waals surface area contributed by atoms with E-state index in [-0.39, 0.29) is 8.80 Å². The van der Waals surface area contributed by atoms with Crippen LogP contribution in [0.15, 0.2) is 30.3 Å². The zero-order chi connectivity index (χ0) is 7.52. The van der Waals surface area contributed by atoms with Crippen molar-refractivity contribution in [3.63, 3.8) is 0 Å². The molecular formula is C10H14Si. The van der Waals surface area contributed by atoms with Crippen LogP contribution in [0.1, 0.15) is 12.0 Å². The summed E-state index contributed by atoms with van der Waals surface area (Å²) < 4.78 is 0. The van der Waals surface area contributed by atoms with Crippen LogP contribution in [0.2, 0.25) is 12.1 Å². The Labute approximate surface area is 69.9 Å². The first kappa shape index (κ1) is 7.11. The van der Waals surface area contributed by atoms with E-state index in [2.05, 4.69) is 30.3 Å². The van der Waals surface area contributed by atoms with E-state index < -0.39 is 0 Å². The predicted octanol–water partition coefficient (Wildman–Crippen LogP) is 2.40. The van der Waals surface area contributed by atoms with Gasteiger partial charge in [-0.05, 0) is 6.04 Å². The average Bonchev–Trinajstić information content (AvgIpc) is 1.99. The first-order valence-corrected chi connectivity index (χ1v) is 6.94. The second-order valence-corrected chi connectivity index (χ2v) is 6.78. The Balaban J connectivity index is 1.95. The van der Waals surface area contributed by atoms with Crippen molar-refractivity contribution in [1.82, 2.24) is 0 Å². The zero-order valence-corrected chi connectivity index (χ0v) is 7.95. The molecule has 1 aliphatic heterocycles. The lowest BCUT2D eigenvalue weighted by molar-refractivity contribution is 0.919. The number of benzene rings is 1. The molecule has 1 saturated heterocycles. The molecule has 0 nitrogen and oxygen atoms in total. The largest absolute Gasteiger partial charge is 0.0622 e. The molecule has 0 aliphatic carbocycles. The summed E-state index contributed by atoms with van der Waals surface area (Å²) in [5.74, 6) is 0. The second-order valence-electron chi connectivity index (χ2n) is 3.49. The van der Waals surface area contributed by atoms with Gasteiger partial charge in [-0.15, -0.1) is 0 Å². The molecule has 1 heterocycles. The maximum atomic E-state index is 2.27. The maximum absolute atomic E-state index is 2.27. The summed E-state index contributed by atoms with van der Waals surface area (Å²) in [5.41, 5.74) is 1.57. The summed E-state index contributed by atoms with van der Waals surface area (Å²) >= 11 is 0. The van der Waals surface area contributed by atoms with Crippen LogP contribution in [0.25, 0.3) is 0 Å². The molecule has 0 radical (unpaired) electrons. The van der Waals surface area contributed by atoms with Gasteiger partial charge in [-0.3, -0.25) is 0 Å². The SMILES string of the molecule is c1ccc(C[SiH]2CCC2)cc1. The Morgan fingerprint density at radius 1 is 1.09 bits per heavy atom. The Morgan fingerprint density at radius 2 is 1.82 bits per heavy atom. The van der Waals surface area contributed by atoms with Gasteiger partial charge in [-0.25, -0.2) is 0 Å². The molecule has 0 atom stereocenters. The quantitative estimate of drug-likeness (QED) is 0.586. The highest BCUT2D eigenvalue weighted by molar-refractivity contribution is 6.61. The van der Waals surface area contributed by atoms with Gasteiger partial charge in [0.1, 0.15) is 0 Å². The fourth-order valence-electron chi connectivity index (χ4n) is 1.64. The topological polar surface area (TPSA) is 0 Å². The molecule has 1 aromatic carbocycles. The Kier molecular flexibility index (Phi) is 2.08. The van der Waals surface area contributed by atoms with E-state index in [9.17, 15) is 0 Å². The summed E-state index contributed by atoms with van der Waals surface area (Å²) in [6.07, 6.45) is 1.52. The van der Waals surface area contributed by atoms with Crippen LogP contribution < -0.4 is 0 Å². The van der Waals surface area contributed by atoms with Crippen LogP contribution in [0, 0.1) is 0 Å². The Bertz CT molecular complexity index is 214. The van der Waals surface area contributed by atoms with Crippen LogP contribution in [-0.4, -0.2) is 8.80 Å². The molecule has 58 valence electrons. The van der Waals surface area contributed by atoms with Crippen molar-refractivity contribution in [3.8, 4) is 0 Å². The fraction of sp³-hybridized carbons (Fsp3) is 0.400. The molecule has 0 saturated carbocycles. The van der Waals surface area contributed by atoms with Crippen LogP contribution in [0.5, 0.6) is 0 Å². The van der Waals surface area contributed by atoms with Crippen LogP contribution in [0.3, 0.4) is 0 Å². The van der Waals surface area contributed by atoms with Crippen molar-refractivity contribution in [2.75, 3.05) is 0 Å². The molecule has 1 fully saturated rings. The molecule has 1 aliphatic rings. The number of hydrogen-bond acceptors (Lipinski definition) is 0. The molecule has 11 heavy (non-hydrogen) atoms. The van der Waals surface area contributed by atoms with Gasteiger partial charge >= 0.3 is 0 Å². The lowest BCUT2D eigenvalue weighted by Gasteiger charge is -2.23. The van der Waals surface area contributed by atoms with Crippen molar-refractivity contribution in [3.05, 3.63) is 35.9 Å². The number of rotatable bonds is 2. The standard InChI is InChI=1S/C10H14Si/c1-2-5-10(6-3-1)9-11-7-4-8-11/h1-3,5-6,11H,4,7-9H2. The predicted molar refractivity (Wildman–Crippen MR) is 51.5 cm³/mol. The third-order valence-corrected chi connectivity index (χ3v) is 6.09. The molecule has 0 N–H and O–H groups in total. The molecule has 2 rings (SSSR count). The molecule has 0 amide bonds. The maximum Gasteiger partial charge on any atom is 0.0413 e.